The van der Waals surface area contributed by atoms with Gasteiger partial charge in [0.15, 0.2) is 6.61 Å². The topological polar surface area (TPSA) is 36.3 Å². The van der Waals surface area contributed by atoms with Crippen LogP contribution in [0.2, 0.25) is 5.02 Å². The normalized spacial score (nSPS) is 28.3. The maximum Gasteiger partial charge on any atom is 0.174 e. The van der Waals surface area contributed by atoms with Gasteiger partial charge >= 0.3 is 0 Å². The quantitative estimate of drug-likeness (QED) is 0.840. The third kappa shape index (κ3) is 3.31. The zero-order valence-electron chi connectivity index (χ0n) is 12.1. The smallest absolute Gasteiger partial charge is 0.174 e. The molecule has 0 radical (unpaired) electrons. The lowest BCUT2D eigenvalue weighted by molar-refractivity contribution is 0.183. The van der Waals surface area contributed by atoms with Crippen molar-refractivity contribution in [2.45, 2.75) is 47.9 Å². The minimum atomic E-state index is 0.0567. The molecule has 1 aromatic carbocycles. The Bertz CT molecular complexity index is 546. The molecule has 0 unspecified atom stereocenters. The fourth-order valence-corrected chi connectivity index (χ4v) is 5.04. The summed E-state index contributed by atoms with van der Waals surface area (Å²) in [6.07, 6.45) is 5.18. The third-order valence-corrected chi connectivity index (χ3v) is 6.31. The molecule has 2 fully saturated rings. The summed E-state index contributed by atoms with van der Waals surface area (Å²) < 4.78 is 5.28. The van der Waals surface area contributed by atoms with Gasteiger partial charge in [0.2, 0.25) is 0 Å². The summed E-state index contributed by atoms with van der Waals surface area (Å²) in [4.78, 5) is 3.67. The van der Waals surface area contributed by atoms with Crippen LogP contribution in [0.3, 0.4) is 0 Å². The van der Waals surface area contributed by atoms with Gasteiger partial charge in [-0.25, -0.2) is 0 Å². The molecule has 1 aromatic rings. The van der Waals surface area contributed by atoms with E-state index in [4.69, 9.17) is 21.6 Å². The van der Waals surface area contributed by atoms with Gasteiger partial charge in [-0.15, -0.1) is 11.8 Å². The average Bonchev–Trinajstić information content (AvgIpc) is 2.70. The first-order valence-corrected chi connectivity index (χ1v) is 8.61. The van der Waals surface area contributed by atoms with E-state index in [1.807, 2.05) is 36.0 Å². The molecular formula is C16H19ClN2OS. The number of halogens is 1. The highest BCUT2D eigenvalue weighted by atomic mass is 35.5. The molecule has 3 rings (SSSR count). The maximum absolute atomic E-state index is 8.53. The first-order valence-electron chi connectivity index (χ1n) is 7.35. The van der Waals surface area contributed by atoms with Crippen LogP contribution in [0.4, 0.5) is 0 Å². The Morgan fingerprint density at radius 2 is 2.10 bits per heavy atom. The molecule has 2 aliphatic heterocycles. The van der Waals surface area contributed by atoms with E-state index in [0.29, 0.717) is 11.0 Å². The summed E-state index contributed by atoms with van der Waals surface area (Å²) in [7, 11) is 2.26. The van der Waals surface area contributed by atoms with Crippen molar-refractivity contribution in [1.82, 2.24) is 4.90 Å². The molecule has 2 saturated heterocycles. The first kappa shape index (κ1) is 15.0. The zero-order valence-corrected chi connectivity index (χ0v) is 13.7. The lowest BCUT2D eigenvalue weighted by Crippen LogP contribution is -2.40. The van der Waals surface area contributed by atoms with Crippen LogP contribution in [-0.4, -0.2) is 35.9 Å². The van der Waals surface area contributed by atoms with Crippen molar-refractivity contribution in [2.24, 2.45) is 0 Å². The zero-order chi connectivity index (χ0) is 14.8. The number of nitrogens with zero attached hydrogens (tertiary/aromatic N) is 2. The summed E-state index contributed by atoms with van der Waals surface area (Å²) >= 11 is 8.24. The van der Waals surface area contributed by atoms with Crippen molar-refractivity contribution < 1.29 is 4.74 Å². The fourth-order valence-electron chi connectivity index (χ4n) is 3.42. The van der Waals surface area contributed by atoms with E-state index >= 15 is 0 Å². The highest BCUT2D eigenvalue weighted by molar-refractivity contribution is 8.00. The SMILES string of the molecule is CN1[C@@H]2CC[C@H]1C[C@H](Sc1ccc(OCC#N)cc1Cl)C2. The number of fused-ring (bicyclic) bond motifs is 2. The number of nitriles is 1. The number of benzene rings is 1. The molecule has 0 N–H and O–H groups in total. The van der Waals surface area contributed by atoms with Gasteiger partial charge in [-0.1, -0.05) is 11.6 Å². The number of ether oxygens (including phenoxy) is 1. The Morgan fingerprint density at radius 3 is 2.71 bits per heavy atom. The van der Waals surface area contributed by atoms with Crippen molar-refractivity contribution in [2.75, 3.05) is 13.7 Å². The molecule has 0 saturated carbocycles. The number of rotatable bonds is 4. The Kier molecular flexibility index (Phi) is 4.63. The third-order valence-electron chi connectivity index (χ3n) is 4.56. The number of piperidine rings is 1. The molecule has 21 heavy (non-hydrogen) atoms. The summed E-state index contributed by atoms with van der Waals surface area (Å²) in [6.45, 7) is 0.0567. The van der Waals surface area contributed by atoms with Crippen molar-refractivity contribution in [1.29, 1.82) is 5.26 Å². The second-order valence-corrected chi connectivity index (χ2v) is 7.55. The number of hydrogen-bond acceptors (Lipinski definition) is 4. The molecule has 3 nitrogen and oxygen atoms in total. The van der Waals surface area contributed by atoms with Gasteiger partial charge in [-0.3, -0.25) is 0 Å². The lowest BCUT2D eigenvalue weighted by Gasteiger charge is -2.36. The summed E-state index contributed by atoms with van der Waals surface area (Å²) in [6, 6.07) is 9.18. The second kappa shape index (κ2) is 6.48. The molecule has 2 heterocycles. The number of thioether (sulfide) groups is 1. The van der Waals surface area contributed by atoms with Crippen LogP contribution in [0.1, 0.15) is 25.7 Å². The van der Waals surface area contributed by atoms with Crippen molar-refractivity contribution in [3.63, 3.8) is 0 Å². The van der Waals surface area contributed by atoms with Gasteiger partial charge in [0.05, 0.1) is 5.02 Å². The van der Waals surface area contributed by atoms with Gasteiger partial charge in [0.25, 0.3) is 0 Å². The largest absolute Gasteiger partial charge is 0.479 e. The molecular weight excluding hydrogens is 304 g/mol. The Morgan fingerprint density at radius 1 is 1.38 bits per heavy atom. The number of hydrogen-bond donors (Lipinski definition) is 0. The van der Waals surface area contributed by atoms with E-state index < -0.39 is 0 Å². The van der Waals surface area contributed by atoms with E-state index in [1.54, 1.807) is 0 Å². The molecule has 112 valence electrons. The van der Waals surface area contributed by atoms with E-state index in [0.717, 1.165) is 22.0 Å². The van der Waals surface area contributed by atoms with Crippen LogP contribution in [0.15, 0.2) is 23.1 Å². The van der Waals surface area contributed by atoms with Crippen molar-refractivity contribution >= 4 is 23.4 Å². The van der Waals surface area contributed by atoms with Crippen molar-refractivity contribution in [3.8, 4) is 11.8 Å². The highest BCUT2D eigenvalue weighted by Crippen LogP contribution is 2.43. The van der Waals surface area contributed by atoms with Gasteiger partial charge in [-0.2, -0.15) is 5.26 Å². The predicted octanol–water partition coefficient (Wildman–Crippen LogP) is 3.96. The minimum Gasteiger partial charge on any atom is -0.479 e. The van der Waals surface area contributed by atoms with Gasteiger partial charge in [0, 0.05) is 22.2 Å². The lowest BCUT2D eigenvalue weighted by atomic mass is 10.0. The first-order chi connectivity index (χ1) is 10.2. The van der Waals surface area contributed by atoms with Crippen LogP contribution >= 0.6 is 23.4 Å². The van der Waals surface area contributed by atoms with Crippen LogP contribution in [0, 0.1) is 11.3 Å². The van der Waals surface area contributed by atoms with Gasteiger partial charge < -0.3 is 9.64 Å². The Labute approximate surface area is 135 Å². The van der Waals surface area contributed by atoms with Crippen LogP contribution in [0.5, 0.6) is 5.75 Å². The summed E-state index contributed by atoms with van der Waals surface area (Å²) in [5.74, 6) is 0.661. The van der Waals surface area contributed by atoms with E-state index in [-0.39, 0.29) is 6.61 Å². The molecule has 5 heteroatoms. The monoisotopic (exact) mass is 322 g/mol. The van der Waals surface area contributed by atoms with Crippen LogP contribution < -0.4 is 4.74 Å². The van der Waals surface area contributed by atoms with Crippen LogP contribution in [0.25, 0.3) is 0 Å². The Hall–Kier alpha value is -0.890. The summed E-state index contributed by atoms with van der Waals surface area (Å²) in [5, 5.41) is 9.91. The standard InChI is InChI=1S/C16H19ClN2OS/c1-19-11-2-3-12(19)9-14(8-11)21-16-5-4-13(10-15(16)17)20-7-6-18/h4-5,10-12,14H,2-3,7-9H2,1H3/t11-,12+,14-. The minimum absolute atomic E-state index is 0.0567. The Balaban J connectivity index is 1.64. The van der Waals surface area contributed by atoms with E-state index in [9.17, 15) is 0 Å². The van der Waals surface area contributed by atoms with Gasteiger partial charge in [0.1, 0.15) is 11.8 Å². The predicted molar refractivity (Wildman–Crippen MR) is 86.0 cm³/mol. The molecule has 2 aliphatic rings. The van der Waals surface area contributed by atoms with Gasteiger partial charge in [-0.05, 0) is 50.9 Å². The van der Waals surface area contributed by atoms with Crippen molar-refractivity contribution in [3.05, 3.63) is 23.2 Å². The molecule has 3 atom stereocenters. The molecule has 0 spiro atoms. The molecule has 0 amide bonds. The second-order valence-electron chi connectivity index (χ2n) is 5.80. The highest BCUT2D eigenvalue weighted by Gasteiger charge is 2.38. The maximum atomic E-state index is 8.53. The fraction of sp³-hybridized carbons (Fsp3) is 0.562. The average molecular weight is 323 g/mol. The molecule has 0 aliphatic carbocycles. The molecule has 2 bridgehead atoms. The molecule has 0 aromatic heterocycles. The van der Waals surface area contributed by atoms with E-state index in [2.05, 4.69) is 11.9 Å². The van der Waals surface area contributed by atoms with E-state index in [1.165, 1.54) is 25.7 Å². The summed E-state index contributed by atoms with van der Waals surface area (Å²) in [5.41, 5.74) is 0. The van der Waals surface area contributed by atoms with Crippen LogP contribution in [-0.2, 0) is 0 Å².